The number of hydrogen-bond donors (Lipinski definition) is 0. The van der Waals surface area contributed by atoms with Crippen LogP contribution in [0.3, 0.4) is 0 Å². The molecule has 0 atom stereocenters. The van der Waals surface area contributed by atoms with E-state index in [1.165, 1.54) is 60.1 Å². The van der Waals surface area contributed by atoms with Crippen LogP contribution in [0.4, 0.5) is 17.1 Å². The van der Waals surface area contributed by atoms with E-state index in [9.17, 15) is 5.26 Å². The molecule has 0 heterocycles. The molecule has 2 nitrogen and oxygen atoms in total. The summed E-state index contributed by atoms with van der Waals surface area (Å²) in [5.41, 5.74) is 11.3. The molecule has 0 saturated carbocycles. The highest BCUT2D eigenvalue weighted by Crippen LogP contribution is 2.51. The molecule has 1 aliphatic carbocycles. The maximum absolute atomic E-state index is 9.31. The van der Waals surface area contributed by atoms with Crippen LogP contribution >= 0.6 is 0 Å². The van der Waals surface area contributed by atoms with Crippen molar-refractivity contribution in [3.63, 3.8) is 0 Å². The van der Waals surface area contributed by atoms with Gasteiger partial charge in [-0.1, -0.05) is 117 Å². The molecule has 0 amide bonds. The molecule has 0 bridgehead atoms. The van der Waals surface area contributed by atoms with Crippen LogP contribution in [0.2, 0.25) is 0 Å². The average molecular weight is 639 g/mol. The van der Waals surface area contributed by atoms with Crippen LogP contribution in [0.15, 0.2) is 158 Å². The van der Waals surface area contributed by atoms with E-state index < -0.39 is 0 Å². The predicted octanol–water partition coefficient (Wildman–Crippen LogP) is 13.0. The predicted molar refractivity (Wildman–Crippen MR) is 211 cm³/mol. The van der Waals surface area contributed by atoms with E-state index in [-0.39, 0.29) is 5.41 Å². The third-order valence-electron chi connectivity index (χ3n) is 10.4. The zero-order valence-electron chi connectivity index (χ0n) is 28.1. The quantitative estimate of drug-likeness (QED) is 0.134. The van der Waals surface area contributed by atoms with Crippen molar-refractivity contribution in [2.45, 2.75) is 19.3 Å². The Morgan fingerprint density at radius 3 is 1.86 bits per heavy atom. The van der Waals surface area contributed by atoms with E-state index in [4.69, 9.17) is 0 Å². The number of nitriles is 1. The lowest BCUT2D eigenvalue weighted by atomic mass is 9.80. The van der Waals surface area contributed by atoms with Crippen LogP contribution < -0.4 is 4.90 Å². The van der Waals surface area contributed by atoms with E-state index in [1.807, 2.05) is 42.5 Å². The maximum Gasteiger partial charge on any atom is 0.0991 e. The molecular formula is C48H34N2. The zero-order chi connectivity index (χ0) is 33.8. The molecule has 1 aliphatic rings. The van der Waals surface area contributed by atoms with Crippen molar-refractivity contribution in [1.82, 2.24) is 0 Å². The van der Waals surface area contributed by atoms with Gasteiger partial charge in [0.1, 0.15) is 0 Å². The Balaban J connectivity index is 1.05. The molecule has 0 unspecified atom stereocenters. The van der Waals surface area contributed by atoms with Crippen LogP contribution in [-0.2, 0) is 5.41 Å². The van der Waals surface area contributed by atoms with Gasteiger partial charge in [0.15, 0.2) is 0 Å². The zero-order valence-corrected chi connectivity index (χ0v) is 28.1. The molecule has 0 radical (unpaired) electrons. The Hall–Kier alpha value is -6.43. The largest absolute Gasteiger partial charge is 0.311 e. The number of rotatable bonds is 6. The minimum Gasteiger partial charge on any atom is -0.311 e. The van der Waals surface area contributed by atoms with Gasteiger partial charge in [0.25, 0.3) is 0 Å². The number of nitrogens with zero attached hydrogens (tertiary/aromatic N) is 2. The highest BCUT2D eigenvalue weighted by molar-refractivity contribution is 6.16. The molecule has 50 heavy (non-hydrogen) atoms. The number of benzene rings is 8. The van der Waals surface area contributed by atoms with Gasteiger partial charge in [-0.2, -0.15) is 5.26 Å². The van der Waals surface area contributed by atoms with Crippen molar-refractivity contribution >= 4 is 61.5 Å². The van der Waals surface area contributed by atoms with Crippen molar-refractivity contribution in [2.75, 3.05) is 4.90 Å². The summed E-state index contributed by atoms with van der Waals surface area (Å²) in [6.07, 6.45) is 4.45. The summed E-state index contributed by atoms with van der Waals surface area (Å²) < 4.78 is 0. The van der Waals surface area contributed by atoms with Gasteiger partial charge in [0.2, 0.25) is 0 Å². The average Bonchev–Trinajstić information content (AvgIpc) is 3.40. The van der Waals surface area contributed by atoms with Gasteiger partial charge in [0, 0.05) is 22.5 Å². The molecule has 0 saturated heterocycles. The first-order valence-electron chi connectivity index (χ1n) is 17.1. The number of hydrogen-bond acceptors (Lipinski definition) is 2. The van der Waals surface area contributed by atoms with Crippen LogP contribution in [0, 0.1) is 11.3 Å². The van der Waals surface area contributed by atoms with Gasteiger partial charge in [0.05, 0.1) is 11.6 Å². The summed E-state index contributed by atoms with van der Waals surface area (Å²) in [6.45, 7) is 4.75. The highest BCUT2D eigenvalue weighted by atomic mass is 15.1. The summed E-state index contributed by atoms with van der Waals surface area (Å²) in [7, 11) is 0. The van der Waals surface area contributed by atoms with Crippen LogP contribution in [0.5, 0.6) is 0 Å². The summed E-state index contributed by atoms with van der Waals surface area (Å²) in [5, 5.41) is 17.2. The molecule has 9 rings (SSSR count). The molecule has 0 N–H and O–H groups in total. The van der Waals surface area contributed by atoms with Gasteiger partial charge in [-0.3, -0.25) is 0 Å². The lowest BCUT2D eigenvalue weighted by Gasteiger charge is -2.25. The lowest BCUT2D eigenvalue weighted by molar-refractivity contribution is 0.663. The number of para-hydroxylation sites is 1. The van der Waals surface area contributed by atoms with Crippen molar-refractivity contribution in [3.8, 4) is 17.2 Å². The van der Waals surface area contributed by atoms with E-state index in [1.54, 1.807) is 0 Å². The lowest BCUT2D eigenvalue weighted by Crippen LogP contribution is -2.15. The summed E-state index contributed by atoms with van der Waals surface area (Å²) in [4.78, 5) is 2.21. The fourth-order valence-electron chi connectivity index (χ4n) is 7.85. The van der Waals surface area contributed by atoms with Crippen LogP contribution in [0.1, 0.15) is 41.7 Å². The molecule has 0 aromatic heterocycles. The Morgan fingerprint density at radius 1 is 0.520 bits per heavy atom. The first-order chi connectivity index (χ1) is 24.5. The van der Waals surface area contributed by atoms with E-state index in [0.717, 1.165) is 22.6 Å². The Labute approximate surface area is 292 Å². The second kappa shape index (κ2) is 11.6. The fraction of sp³-hybridized carbons (Fsp3) is 0.0625. The number of fused-ring (bicyclic) bond motifs is 1. The molecule has 0 aliphatic heterocycles. The molecule has 0 fully saturated rings. The van der Waals surface area contributed by atoms with Crippen molar-refractivity contribution < 1.29 is 0 Å². The maximum atomic E-state index is 9.31. The van der Waals surface area contributed by atoms with Crippen LogP contribution in [-0.4, -0.2) is 0 Å². The molecule has 8 aromatic rings. The molecule has 2 heteroatoms. The molecular weight excluding hydrogens is 605 g/mol. The van der Waals surface area contributed by atoms with Crippen molar-refractivity contribution in [3.05, 3.63) is 186 Å². The third kappa shape index (κ3) is 4.87. The van der Waals surface area contributed by atoms with Gasteiger partial charge in [-0.15, -0.1) is 0 Å². The SMILES string of the molecule is CC1(C)c2cc(C=Cc3ccc(N(c4ccccc4)c4ccc(C#N)cc4)cc3)cc3ccc4cc(-c5cccc6ccccc56)cc1c4c23. The first kappa shape index (κ1) is 29.7. The Bertz CT molecular complexity index is 2650. The Kier molecular flexibility index (Phi) is 6.90. The summed E-state index contributed by atoms with van der Waals surface area (Å²) in [6, 6.07) is 58.4. The normalized spacial score (nSPS) is 13.1. The molecule has 0 spiro atoms. The minimum atomic E-state index is -0.126. The monoisotopic (exact) mass is 638 g/mol. The second-order valence-corrected chi connectivity index (χ2v) is 13.8. The molecule has 236 valence electrons. The van der Waals surface area contributed by atoms with Gasteiger partial charge >= 0.3 is 0 Å². The van der Waals surface area contributed by atoms with Crippen molar-refractivity contribution in [2.24, 2.45) is 0 Å². The number of anilines is 3. The minimum absolute atomic E-state index is 0.126. The van der Waals surface area contributed by atoms with Crippen molar-refractivity contribution in [1.29, 1.82) is 5.26 Å². The smallest absolute Gasteiger partial charge is 0.0991 e. The van der Waals surface area contributed by atoms with E-state index >= 15 is 0 Å². The first-order valence-corrected chi connectivity index (χ1v) is 17.1. The van der Waals surface area contributed by atoms with Gasteiger partial charge in [-0.25, -0.2) is 0 Å². The van der Waals surface area contributed by atoms with E-state index in [2.05, 4.69) is 152 Å². The summed E-state index contributed by atoms with van der Waals surface area (Å²) >= 11 is 0. The molecule has 8 aromatic carbocycles. The fourth-order valence-corrected chi connectivity index (χ4v) is 7.85. The standard InChI is InChI=1S/C48H34N2/c1-48(2)44-28-34(16-15-32-17-23-40(24-18-32)50(39-11-4-3-5-12-39)41-25-19-33(31-49)20-26-41)27-36-21-22-37-29-38(30-45(48)47(37)46(36)44)43-14-8-10-35-9-6-7-13-42(35)43/h3-30H,1-2H3. The van der Waals surface area contributed by atoms with Crippen LogP contribution in [0.25, 0.3) is 55.6 Å². The van der Waals surface area contributed by atoms with Gasteiger partial charge < -0.3 is 4.90 Å². The second-order valence-electron chi connectivity index (χ2n) is 13.8. The highest BCUT2D eigenvalue weighted by Gasteiger charge is 2.34. The van der Waals surface area contributed by atoms with Gasteiger partial charge in [-0.05, 0) is 132 Å². The van der Waals surface area contributed by atoms with E-state index in [0.29, 0.717) is 5.56 Å². The Morgan fingerprint density at radius 2 is 1.12 bits per heavy atom. The summed E-state index contributed by atoms with van der Waals surface area (Å²) in [5.74, 6) is 0. The topological polar surface area (TPSA) is 27.0 Å². The third-order valence-corrected chi connectivity index (χ3v) is 10.4.